The van der Waals surface area contributed by atoms with E-state index in [-0.39, 0.29) is 4.90 Å². The molecule has 0 fully saturated rings. The summed E-state index contributed by atoms with van der Waals surface area (Å²) in [4.78, 5) is -0.355. The van der Waals surface area contributed by atoms with Crippen molar-refractivity contribution in [1.82, 2.24) is 0 Å². The summed E-state index contributed by atoms with van der Waals surface area (Å²) in [6.45, 7) is 0. The van der Waals surface area contributed by atoms with E-state index in [4.69, 9.17) is 0 Å². The fourth-order valence-corrected chi connectivity index (χ4v) is 3.98. The van der Waals surface area contributed by atoms with Gasteiger partial charge in [0.15, 0.2) is 0 Å². The summed E-state index contributed by atoms with van der Waals surface area (Å²) < 4.78 is 41.3. The third-order valence-corrected chi connectivity index (χ3v) is 5.44. The average molecular weight is 370 g/mol. The number of anilines is 1. The van der Waals surface area contributed by atoms with E-state index in [0.717, 1.165) is 30.9 Å². The molecule has 0 heterocycles. The summed E-state index contributed by atoms with van der Waals surface area (Å²) in [7, 11) is -3.92. The van der Waals surface area contributed by atoms with Crippen molar-refractivity contribution in [2.24, 2.45) is 0 Å². The minimum atomic E-state index is -3.92. The van der Waals surface area contributed by atoms with E-state index >= 15 is 0 Å². The van der Waals surface area contributed by atoms with Gasteiger partial charge in [-0.2, -0.15) is 0 Å². The van der Waals surface area contributed by atoms with Gasteiger partial charge in [-0.1, -0.05) is 22.0 Å². The van der Waals surface area contributed by atoms with Crippen LogP contribution in [0, 0.1) is 5.82 Å². The van der Waals surface area contributed by atoms with Gasteiger partial charge in [-0.25, -0.2) is 12.8 Å². The van der Waals surface area contributed by atoms with Gasteiger partial charge in [0.05, 0.1) is 0 Å². The van der Waals surface area contributed by atoms with Crippen molar-refractivity contribution in [3.05, 3.63) is 57.8 Å². The van der Waals surface area contributed by atoms with Crippen molar-refractivity contribution in [3.63, 3.8) is 0 Å². The Bertz CT molecular complexity index is 805. The minimum absolute atomic E-state index is 0.355. The second-order valence-electron chi connectivity index (χ2n) is 5.02. The minimum Gasteiger partial charge on any atom is -0.280 e. The van der Waals surface area contributed by atoms with Crippen LogP contribution >= 0.6 is 15.9 Å². The van der Waals surface area contributed by atoms with Crippen LogP contribution in [0.25, 0.3) is 0 Å². The Labute approximate surface area is 131 Å². The number of hydrogen-bond acceptors (Lipinski definition) is 2. The third-order valence-electron chi connectivity index (χ3n) is 3.53. The Morgan fingerprint density at radius 2 is 1.81 bits per heavy atom. The van der Waals surface area contributed by atoms with Crippen molar-refractivity contribution < 1.29 is 12.8 Å². The van der Waals surface area contributed by atoms with Crippen molar-refractivity contribution in [2.45, 2.75) is 24.2 Å². The van der Waals surface area contributed by atoms with Crippen molar-refractivity contribution >= 4 is 31.6 Å². The van der Waals surface area contributed by atoms with Crippen molar-refractivity contribution in [2.75, 3.05) is 4.72 Å². The van der Waals surface area contributed by atoms with E-state index < -0.39 is 15.8 Å². The molecule has 0 bridgehead atoms. The molecule has 2 aromatic rings. The molecule has 2 aromatic carbocycles. The van der Waals surface area contributed by atoms with E-state index in [9.17, 15) is 12.8 Å². The maximum atomic E-state index is 13.8. The van der Waals surface area contributed by atoms with Crippen LogP contribution in [-0.4, -0.2) is 8.42 Å². The number of benzene rings is 2. The third kappa shape index (κ3) is 2.96. The summed E-state index contributed by atoms with van der Waals surface area (Å²) >= 11 is 3.11. The van der Waals surface area contributed by atoms with Gasteiger partial charge in [0.2, 0.25) is 0 Å². The predicted octanol–water partition coefficient (Wildman–Crippen LogP) is 3.88. The SMILES string of the molecule is O=S(=O)(Nc1ccc2c(c1)CCC2)c1ccc(Br)cc1F. The number of rotatable bonds is 3. The largest absolute Gasteiger partial charge is 0.280 e. The van der Waals surface area contributed by atoms with Gasteiger partial charge in [0.1, 0.15) is 10.7 Å². The zero-order chi connectivity index (χ0) is 15.0. The zero-order valence-corrected chi connectivity index (χ0v) is 13.5. The Morgan fingerprint density at radius 1 is 1.05 bits per heavy atom. The highest BCUT2D eigenvalue weighted by Crippen LogP contribution is 2.27. The fraction of sp³-hybridized carbons (Fsp3) is 0.200. The molecule has 21 heavy (non-hydrogen) atoms. The topological polar surface area (TPSA) is 46.2 Å². The molecule has 0 atom stereocenters. The summed E-state index contributed by atoms with van der Waals surface area (Å²) in [5.41, 5.74) is 2.89. The van der Waals surface area contributed by atoms with E-state index in [0.29, 0.717) is 10.2 Å². The molecule has 1 N–H and O–H groups in total. The first-order valence-corrected chi connectivity index (χ1v) is 8.83. The highest BCUT2D eigenvalue weighted by Gasteiger charge is 2.20. The second-order valence-corrected chi connectivity index (χ2v) is 7.58. The van der Waals surface area contributed by atoms with E-state index in [1.54, 1.807) is 6.07 Å². The number of nitrogens with one attached hydrogen (secondary N) is 1. The number of sulfonamides is 1. The second kappa shape index (κ2) is 5.42. The van der Waals surface area contributed by atoms with Crippen molar-refractivity contribution in [3.8, 4) is 0 Å². The lowest BCUT2D eigenvalue weighted by Crippen LogP contribution is -2.14. The van der Waals surface area contributed by atoms with Crippen LogP contribution in [-0.2, 0) is 22.9 Å². The average Bonchev–Trinajstić information content (AvgIpc) is 2.85. The van der Waals surface area contributed by atoms with Crippen LogP contribution in [0.2, 0.25) is 0 Å². The molecule has 3 rings (SSSR count). The number of aryl methyl sites for hydroxylation is 2. The highest BCUT2D eigenvalue weighted by atomic mass is 79.9. The molecular weight excluding hydrogens is 357 g/mol. The summed E-state index contributed by atoms with van der Waals surface area (Å²) in [6.07, 6.45) is 3.08. The Kier molecular flexibility index (Phi) is 3.75. The monoisotopic (exact) mass is 369 g/mol. The van der Waals surface area contributed by atoms with E-state index in [1.165, 1.54) is 17.7 Å². The molecule has 0 unspecified atom stereocenters. The lowest BCUT2D eigenvalue weighted by atomic mass is 10.1. The Hall–Kier alpha value is -1.40. The Balaban J connectivity index is 1.92. The molecule has 1 aliphatic rings. The van der Waals surface area contributed by atoms with E-state index in [2.05, 4.69) is 20.7 Å². The van der Waals surface area contributed by atoms with Gasteiger partial charge in [-0.3, -0.25) is 4.72 Å². The van der Waals surface area contributed by atoms with Gasteiger partial charge in [-0.05, 0) is 60.7 Å². The van der Waals surface area contributed by atoms with Crippen molar-refractivity contribution in [1.29, 1.82) is 0 Å². The molecule has 0 spiro atoms. The number of halogens is 2. The van der Waals surface area contributed by atoms with Crippen LogP contribution in [0.1, 0.15) is 17.5 Å². The molecule has 0 aromatic heterocycles. The number of fused-ring (bicyclic) bond motifs is 1. The van der Waals surface area contributed by atoms with Crippen LogP contribution in [0.4, 0.5) is 10.1 Å². The molecule has 0 saturated heterocycles. The molecule has 110 valence electrons. The van der Waals surface area contributed by atoms with E-state index in [1.807, 2.05) is 12.1 Å². The van der Waals surface area contributed by atoms with Gasteiger partial charge < -0.3 is 0 Å². The number of hydrogen-bond donors (Lipinski definition) is 1. The van der Waals surface area contributed by atoms with Crippen LogP contribution < -0.4 is 4.72 Å². The lowest BCUT2D eigenvalue weighted by Gasteiger charge is -2.10. The standard InChI is InChI=1S/C15H13BrFNO2S/c16-12-5-7-15(14(17)9-12)21(19,20)18-13-6-4-10-2-1-3-11(10)8-13/h4-9,18H,1-3H2. The zero-order valence-electron chi connectivity index (χ0n) is 11.1. The molecule has 6 heteroatoms. The lowest BCUT2D eigenvalue weighted by molar-refractivity contribution is 0.570. The molecule has 1 aliphatic carbocycles. The molecule has 0 radical (unpaired) electrons. The highest BCUT2D eigenvalue weighted by molar-refractivity contribution is 9.10. The molecule has 0 saturated carbocycles. The van der Waals surface area contributed by atoms with Gasteiger partial charge in [0.25, 0.3) is 10.0 Å². The van der Waals surface area contributed by atoms with Crippen LogP contribution in [0.5, 0.6) is 0 Å². The van der Waals surface area contributed by atoms with Crippen LogP contribution in [0.3, 0.4) is 0 Å². The summed E-state index contributed by atoms with van der Waals surface area (Å²) in [5, 5.41) is 0. The summed E-state index contributed by atoms with van der Waals surface area (Å²) in [6, 6.07) is 9.36. The smallest absolute Gasteiger partial charge is 0.264 e. The van der Waals surface area contributed by atoms with Gasteiger partial charge in [0, 0.05) is 10.2 Å². The molecule has 0 aliphatic heterocycles. The Morgan fingerprint density at radius 3 is 2.57 bits per heavy atom. The van der Waals surface area contributed by atoms with Gasteiger partial charge in [-0.15, -0.1) is 0 Å². The maximum Gasteiger partial charge on any atom is 0.264 e. The van der Waals surface area contributed by atoms with Gasteiger partial charge >= 0.3 is 0 Å². The predicted molar refractivity (Wildman–Crippen MR) is 83.4 cm³/mol. The fourth-order valence-electron chi connectivity index (χ4n) is 2.54. The first-order chi connectivity index (χ1) is 9.95. The first kappa shape index (κ1) is 14.5. The summed E-state index contributed by atoms with van der Waals surface area (Å²) in [5.74, 6) is -0.780. The normalized spacial score (nSPS) is 14.0. The first-order valence-electron chi connectivity index (χ1n) is 6.55. The van der Waals surface area contributed by atoms with Crippen LogP contribution in [0.15, 0.2) is 45.8 Å². The molecule has 3 nitrogen and oxygen atoms in total. The molecular formula is C15H13BrFNO2S. The maximum absolute atomic E-state index is 13.8. The quantitative estimate of drug-likeness (QED) is 0.892. The molecule has 0 amide bonds.